The zero-order chi connectivity index (χ0) is 32.6. The smallest absolute Gasteiger partial charge is 0.264 e. The van der Waals surface area contributed by atoms with E-state index in [1.165, 1.54) is 17.0 Å². The number of aryl methyl sites for hydroxylation is 2. The molecule has 0 aromatic heterocycles. The number of nitrogens with one attached hydrogen (secondary N) is 1. The largest absolute Gasteiger partial charge is 0.354 e. The van der Waals surface area contributed by atoms with E-state index in [9.17, 15) is 18.0 Å². The van der Waals surface area contributed by atoms with E-state index >= 15 is 0 Å². The predicted molar refractivity (Wildman–Crippen MR) is 181 cm³/mol. The molecule has 4 rings (SSSR count). The molecule has 0 aliphatic carbocycles. The van der Waals surface area contributed by atoms with E-state index in [1.807, 2.05) is 75.4 Å². The molecule has 9 heteroatoms. The van der Waals surface area contributed by atoms with Crippen molar-refractivity contribution in [3.8, 4) is 0 Å². The molecule has 0 aliphatic heterocycles. The average molecular weight is 646 g/mol. The molecule has 0 unspecified atom stereocenters. The molecule has 45 heavy (non-hydrogen) atoms. The van der Waals surface area contributed by atoms with Crippen molar-refractivity contribution in [2.45, 2.75) is 51.6 Å². The summed E-state index contributed by atoms with van der Waals surface area (Å²) in [6, 6.07) is 29.3. The second kappa shape index (κ2) is 15.2. The summed E-state index contributed by atoms with van der Waals surface area (Å²) in [6.45, 7) is 7.75. The van der Waals surface area contributed by atoms with Gasteiger partial charge in [-0.1, -0.05) is 110 Å². The Morgan fingerprint density at radius 3 is 2.11 bits per heavy atom. The Labute approximate surface area is 271 Å². The molecular formula is C36H40ClN3O4S. The molecule has 0 fully saturated rings. The summed E-state index contributed by atoms with van der Waals surface area (Å²) >= 11 is 6.35. The number of sulfonamides is 1. The number of carbonyl (C=O) groups excluding carboxylic acids is 2. The third-order valence-electron chi connectivity index (χ3n) is 7.44. The summed E-state index contributed by atoms with van der Waals surface area (Å²) in [5, 5.41) is 3.35. The fraction of sp³-hybridized carbons (Fsp3) is 0.278. The molecule has 236 valence electrons. The highest BCUT2D eigenvalue weighted by molar-refractivity contribution is 7.92. The zero-order valence-corrected chi connectivity index (χ0v) is 27.7. The van der Waals surface area contributed by atoms with Crippen molar-refractivity contribution in [3.63, 3.8) is 0 Å². The number of halogens is 1. The minimum absolute atomic E-state index is 0.0397. The van der Waals surface area contributed by atoms with Crippen molar-refractivity contribution in [2.75, 3.05) is 17.4 Å². The van der Waals surface area contributed by atoms with Gasteiger partial charge in [0.15, 0.2) is 0 Å². The summed E-state index contributed by atoms with van der Waals surface area (Å²) in [5.41, 5.74) is 3.64. The molecule has 0 spiro atoms. The molecule has 0 aliphatic rings. The first-order valence-electron chi connectivity index (χ1n) is 15.0. The van der Waals surface area contributed by atoms with Crippen molar-refractivity contribution in [1.29, 1.82) is 0 Å². The van der Waals surface area contributed by atoms with Gasteiger partial charge in [0.2, 0.25) is 11.8 Å². The Hall–Kier alpha value is -4.14. The topological polar surface area (TPSA) is 86.8 Å². The molecule has 1 atom stereocenters. The minimum atomic E-state index is -4.20. The van der Waals surface area contributed by atoms with Gasteiger partial charge in [0, 0.05) is 24.5 Å². The lowest BCUT2D eigenvalue weighted by atomic mass is 10.0. The third-order valence-corrected chi connectivity index (χ3v) is 9.45. The molecule has 0 radical (unpaired) electrons. The Morgan fingerprint density at radius 2 is 1.47 bits per heavy atom. The van der Waals surface area contributed by atoms with E-state index in [0.29, 0.717) is 22.8 Å². The van der Waals surface area contributed by atoms with Gasteiger partial charge in [0.1, 0.15) is 12.6 Å². The van der Waals surface area contributed by atoms with E-state index in [2.05, 4.69) is 5.32 Å². The van der Waals surface area contributed by atoms with Gasteiger partial charge in [0.05, 0.1) is 10.6 Å². The second-order valence-electron chi connectivity index (χ2n) is 11.6. The van der Waals surface area contributed by atoms with Crippen LogP contribution in [0.5, 0.6) is 0 Å². The zero-order valence-electron chi connectivity index (χ0n) is 26.1. The van der Waals surface area contributed by atoms with Gasteiger partial charge >= 0.3 is 0 Å². The Balaban J connectivity index is 1.82. The first-order chi connectivity index (χ1) is 21.5. The highest BCUT2D eigenvalue weighted by Crippen LogP contribution is 2.30. The van der Waals surface area contributed by atoms with E-state index < -0.39 is 28.5 Å². The van der Waals surface area contributed by atoms with Crippen molar-refractivity contribution in [3.05, 3.63) is 130 Å². The Morgan fingerprint density at radius 1 is 0.822 bits per heavy atom. The SMILES string of the molecule is Cc1cccc(CN(C(=O)CN(c2cc(Cl)ccc2C)S(=O)(=O)c2ccccc2)[C@H](Cc2ccccc2)C(=O)NCC(C)C)c1. The van der Waals surface area contributed by atoms with Crippen LogP contribution in [0.1, 0.15) is 36.1 Å². The summed E-state index contributed by atoms with van der Waals surface area (Å²) in [5.74, 6) is -0.620. The van der Waals surface area contributed by atoms with Crippen LogP contribution in [-0.2, 0) is 32.6 Å². The van der Waals surface area contributed by atoms with Gasteiger partial charge in [-0.15, -0.1) is 0 Å². The van der Waals surface area contributed by atoms with Crippen LogP contribution in [0.15, 0.2) is 108 Å². The van der Waals surface area contributed by atoms with Crippen LogP contribution in [0.3, 0.4) is 0 Å². The van der Waals surface area contributed by atoms with Gasteiger partial charge in [-0.3, -0.25) is 13.9 Å². The average Bonchev–Trinajstić information content (AvgIpc) is 3.02. The maximum Gasteiger partial charge on any atom is 0.264 e. The van der Waals surface area contributed by atoms with E-state index in [1.54, 1.807) is 43.3 Å². The summed E-state index contributed by atoms with van der Waals surface area (Å²) < 4.78 is 29.4. The summed E-state index contributed by atoms with van der Waals surface area (Å²) in [6.07, 6.45) is 0.254. The molecule has 1 N–H and O–H groups in total. The molecule has 0 heterocycles. The minimum Gasteiger partial charge on any atom is -0.354 e. The van der Waals surface area contributed by atoms with E-state index in [-0.39, 0.29) is 29.7 Å². The molecule has 0 saturated heterocycles. The van der Waals surface area contributed by atoms with Crippen LogP contribution in [0.2, 0.25) is 5.02 Å². The highest BCUT2D eigenvalue weighted by Gasteiger charge is 2.35. The first kappa shape index (κ1) is 33.7. The molecular weight excluding hydrogens is 606 g/mol. The number of carbonyl (C=O) groups is 2. The lowest BCUT2D eigenvalue weighted by Crippen LogP contribution is -2.53. The fourth-order valence-corrected chi connectivity index (χ4v) is 6.73. The van der Waals surface area contributed by atoms with Crippen LogP contribution in [0, 0.1) is 19.8 Å². The molecule has 4 aromatic carbocycles. The van der Waals surface area contributed by atoms with Gasteiger partial charge in [-0.2, -0.15) is 0 Å². The number of benzene rings is 4. The van der Waals surface area contributed by atoms with Crippen molar-refractivity contribution < 1.29 is 18.0 Å². The van der Waals surface area contributed by atoms with Crippen molar-refractivity contribution in [1.82, 2.24) is 10.2 Å². The van der Waals surface area contributed by atoms with Crippen molar-refractivity contribution in [2.24, 2.45) is 5.92 Å². The number of nitrogens with zero attached hydrogens (tertiary/aromatic N) is 2. The quantitative estimate of drug-likeness (QED) is 0.178. The number of hydrogen-bond donors (Lipinski definition) is 1. The molecule has 7 nitrogen and oxygen atoms in total. The normalized spacial score (nSPS) is 12.0. The molecule has 2 amide bonds. The van der Waals surface area contributed by atoms with E-state index in [0.717, 1.165) is 21.0 Å². The molecule has 0 bridgehead atoms. The lowest BCUT2D eigenvalue weighted by Gasteiger charge is -2.34. The van der Waals surface area contributed by atoms with Gasteiger partial charge < -0.3 is 10.2 Å². The lowest BCUT2D eigenvalue weighted by molar-refractivity contribution is -0.140. The second-order valence-corrected chi connectivity index (χ2v) is 13.9. The standard InChI is InChI=1S/C36H40ClN3O4S/c1-26(2)23-38-36(42)34(21-29-13-7-5-8-14-29)39(24-30-15-11-12-27(3)20-30)35(41)25-40(33-22-31(37)19-18-28(33)4)45(43,44)32-16-9-6-10-17-32/h5-20,22,26,34H,21,23-25H2,1-4H3,(H,38,42)/t34-/m1/s1. The predicted octanol–water partition coefficient (Wildman–Crippen LogP) is 6.56. The first-order valence-corrected chi connectivity index (χ1v) is 16.8. The number of amides is 2. The van der Waals surface area contributed by atoms with Crippen LogP contribution in [0.4, 0.5) is 5.69 Å². The monoisotopic (exact) mass is 645 g/mol. The maximum absolute atomic E-state index is 14.6. The molecule has 0 saturated carbocycles. The van der Waals surface area contributed by atoms with Crippen molar-refractivity contribution >= 4 is 39.1 Å². The van der Waals surface area contributed by atoms with Crippen LogP contribution < -0.4 is 9.62 Å². The third kappa shape index (κ3) is 8.96. The maximum atomic E-state index is 14.6. The van der Waals surface area contributed by atoms with Gasteiger partial charge in [0.25, 0.3) is 10.0 Å². The highest BCUT2D eigenvalue weighted by atomic mass is 35.5. The van der Waals surface area contributed by atoms with Gasteiger partial charge in [-0.05, 0) is 60.7 Å². The van der Waals surface area contributed by atoms with Gasteiger partial charge in [-0.25, -0.2) is 8.42 Å². The Kier molecular flexibility index (Phi) is 11.4. The number of rotatable bonds is 13. The number of anilines is 1. The summed E-state index contributed by atoms with van der Waals surface area (Å²) in [7, 11) is -4.20. The fourth-order valence-electron chi connectivity index (χ4n) is 5.07. The molecule has 4 aromatic rings. The number of hydrogen-bond acceptors (Lipinski definition) is 4. The van der Waals surface area contributed by atoms with E-state index in [4.69, 9.17) is 11.6 Å². The van der Waals surface area contributed by atoms with Crippen LogP contribution >= 0.6 is 11.6 Å². The van der Waals surface area contributed by atoms with Crippen LogP contribution in [0.25, 0.3) is 0 Å². The van der Waals surface area contributed by atoms with Crippen LogP contribution in [-0.4, -0.2) is 44.3 Å². The Bertz CT molecular complexity index is 1710. The summed E-state index contributed by atoms with van der Waals surface area (Å²) in [4.78, 5) is 30.0.